The van der Waals surface area contributed by atoms with E-state index in [9.17, 15) is 0 Å². The fourth-order valence-corrected chi connectivity index (χ4v) is 4.70. The molecule has 0 aromatic heterocycles. The summed E-state index contributed by atoms with van der Waals surface area (Å²) in [4.78, 5) is 0. The fourth-order valence-electron chi connectivity index (χ4n) is 4.70. The molecule has 0 nitrogen and oxygen atoms in total. The van der Waals surface area contributed by atoms with Gasteiger partial charge in [-0.2, -0.15) is 0 Å². The maximum Gasteiger partial charge on any atom is 0.0101 e. The monoisotopic (exact) mass is 242 g/mol. The van der Waals surface area contributed by atoms with E-state index in [1.807, 2.05) is 0 Å². The highest BCUT2D eigenvalue weighted by atomic mass is 14.5. The molecule has 3 aliphatic rings. The lowest BCUT2D eigenvalue weighted by Gasteiger charge is -2.38. The van der Waals surface area contributed by atoms with Crippen molar-refractivity contribution >= 4 is 0 Å². The zero-order chi connectivity index (χ0) is 12.8. The molecule has 0 heteroatoms. The lowest BCUT2D eigenvalue weighted by molar-refractivity contribution is 0.203. The van der Waals surface area contributed by atoms with Crippen molar-refractivity contribution in [3.05, 3.63) is 35.5 Å². The van der Waals surface area contributed by atoms with Crippen molar-refractivity contribution in [1.82, 2.24) is 0 Å². The van der Waals surface area contributed by atoms with Gasteiger partial charge in [-0.1, -0.05) is 56.1 Å². The molecular weight excluding hydrogens is 216 g/mol. The van der Waals surface area contributed by atoms with Crippen molar-refractivity contribution in [1.29, 1.82) is 0 Å². The van der Waals surface area contributed by atoms with Crippen LogP contribution >= 0.6 is 0 Å². The van der Waals surface area contributed by atoms with Crippen LogP contribution in [-0.2, 0) is 0 Å². The molecule has 0 aromatic carbocycles. The molecule has 0 aromatic rings. The van der Waals surface area contributed by atoms with Crippen LogP contribution in [0.4, 0.5) is 0 Å². The highest BCUT2D eigenvalue weighted by molar-refractivity contribution is 5.48. The maximum absolute atomic E-state index is 4.32. The molecule has 1 fully saturated rings. The topological polar surface area (TPSA) is 0 Å². The van der Waals surface area contributed by atoms with Crippen LogP contribution < -0.4 is 0 Å². The van der Waals surface area contributed by atoms with Crippen LogP contribution in [0.3, 0.4) is 0 Å². The van der Waals surface area contributed by atoms with Crippen LogP contribution in [0, 0.1) is 10.8 Å². The molecule has 0 aliphatic heterocycles. The zero-order valence-corrected chi connectivity index (χ0v) is 12.0. The molecule has 0 radical (unpaired) electrons. The first-order chi connectivity index (χ1) is 8.58. The van der Waals surface area contributed by atoms with Gasteiger partial charge in [0.25, 0.3) is 0 Å². The Hall–Kier alpha value is -0.780. The largest absolute Gasteiger partial charge is 0.0993 e. The predicted molar refractivity (Wildman–Crippen MR) is 78.5 cm³/mol. The van der Waals surface area contributed by atoms with E-state index in [4.69, 9.17) is 0 Å². The van der Waals surface area contributed by atoms with Gasteiger partial charge in [0.05, 0.1) is 0 Å². The summed E-state index contributed by atoms with van der Waals surface area (Å²) in [5.41, 5.74) is 5.64. The van der Waals surface area contributed by atoms with E-state index in [0.717, 1.165) is 0 Å². The lowest BCUT2D eigenvalue weighted by Crippen LogP contribution is -2.26. The number of fused-ring (bicyclic) bond motifs is 1. The van der Waals surface area contributed by atoms with Crippen LogP contribution in [0.15, 0.2) is 35.5 Å². The first-order valence-electron chi connectivity index (χ1n) is 7.65. The third-order valence-corrected chi connectivity index (χ3v) is 5.85. The van der Waals surface area contributed by atoms with Crippen molar-refractivity contribution in [2.75, 3.05) is 0 Å². The van der Waals surface area contributed by atoms with Crippen LogP contribution in [0.25, 0.3) is 0 Å². The van der Waals surface area contributed by atoms with Gasteiger partial charge < -0.3 is 0 Å². The fraction of sp³-hybridized carbons (Fsp3) is 0.667. The second-order valence-corrected chi connectivity index (χ2v) is 6.96. The summed E-state index contributed by atoms with van der Waals surface area (Å²) in [5.74, 6) is 0. The molecule has 0 bridgehead atoms. The summed E-state index contributed by atoms with van der Waals surface area (Å²) in [6.07, 6.45) is 15.8. The van der Waals surface area contributed by atoms with E-state index >= 15 is 0 Å². The minimum Gasteiger partial charge on any atom is -0.0993 e. The van der Waals surface area contributed by atoms with E-state index in [2.05, 4.69) is 32.6 Å². The summed E-state index contributed by atoms with van der Waals surface area (Å²) >= 11 is 0. The number of allylic oxidation sites excluding steroid dienone is 5. The van der Waals surface area contributed by atoms with E-state index in [-0.39, 0.29) is 5.41 Å². The molecule has 0 N–H and O–H groups in total. The van der Waals surface area contributed by atoms with Crippen LogP contribution in [-0.4, -0.2) is 0 Å². The van der Waals surface area contributed by atoms with Crippen molar-refractivity contribution in [2.24, 2.45) is 10.8 Å². The van der Waals surface area contributed by atoms with Gasteiger partial charge in [-0.25, -0.2) is 0 Å². The summed E-state index contributed by atoms with van der Waals surface area (Å²) in [5, 5.41) is 0. The second kappa shape index (κ2) is 4.11. The van der Waals surface area contributed by atoms with Gasteiger partial charge in [0.2, 0.25) is 0 Å². The Morgan fingerprint density at radius 1 is 1.22 bits per heavy atom. The summed E-state index contributed by atoms with van der Waals surface area (Å²) in [6, 6.07) is 0. The molecule has 1 unspecified atom stereocenters. The molecule has 98 valence electrons. The minimum absolute atomic E-state index is 0.289. The van der Waals surface area contributed by atoms with Crippen molar-refractivity contribution in [3.8, 4) is 0 Å². The molecule has 1 atom stereocenters. The number of rotatable bonds is 1. The highest BCUT2D eigenvalue weighted by Gasteiger charge is 2.50. The van der Waals surface area contributed by atoms with Gasteiger partial charge in [-0.05, 0) is 50.0 Å². The van der Waals surface area contributed by atoms with Crippen molar-refractivity contribution in [2.45, 2.75) is 65.2 Å². The highest BCUT2D eigenvalue weighted by Crippen LogP contribution is 2.63. The number of hydrogen-bond acceptors (Lipinski definition) is 0. The smallest absolute Gasteiger partial charge is 0.0101 e. The van der Waals surface area contributed by atoms with E-state index < -0.39 is 0 Å². The summed E-state index contributed by atoms with van der Waals surface area (Å²) in [6.45, 7) is 9.01. The van der Waals surface area contributed by atoms with Gasteiger partial charge in [0, 0.05) is 5.41 Å². The van der Waals surface area contributed by atoms with E-state index in [1.54, 1.807) is 11.1 Å². The average molecular weight is 242 g/mol. The third kappa shape index (κ3) is 1.57. The van der Waals surface area contributed by atoms with E-state index in [1.165, 1.54) is 56.9 Å². The quantitative estimate of drug-likeness (QED) is 0.527. The predicted octanol–water partition coefficient (Wildman–Crippen LogP) is 5.57. The second-order valence-electron chi connectivity index (χ2n) is 6.96. The molecule has 0 heterocycles. The van der Waals surface area contributed by atoms with Gasteiger partial charge >= 0.3 is 0 Å². The Morgan fingerprint density at radius 2 is 1.94 bits per heavy atom. The van der Waals surface area contributed by atoms with Gasteiger partial charge in [-0.3, -0.25) is 0 Å². The van der Waals surface area contributed by atoms with Gasteiger partial charge in [0.15, 0.2) is 0 Å². The molecule has 0 saturated heterocycles. The molecular formula is C18H26. The third-order valence-electron chi connectivity index (χ3n) is 5.85. The zero-order valence-electron chi connectivity index (χ0n) is 12.0. The Kier molecular flexibility index (Phi) is 2.80. The van der Waals surface area contributed by atoms with Gasteiger partial charge in [-0.15, -0.1) is 0 Å². The Morgan fingerprint density at radius 3 is 2.61 bits per heavy atom. The Balaban J connectivity index is 2.08. The molecule has 1 saturated carbocycles. The number of hydrogen-bond donors (Lipinski definition) is 0. The SMILES string of the molecule is C=C(C)C1(C)CC2(CCCCC2)C2=C1CCC=C2. The Labute approximate surface area is 112 Å². The average Bonchev–Trinajstić information content (AvgIpc) is 2.62. The van der Waals surface area contributed by atoms with Crippen LogP contribution in [0.1, 0.15) is 65.2 Å². The van der Waals surface area contributed by atoms with E-state index in [0.29, 0.717) is 5.41 Å². The molecule has 3 aliphatic carbocycles. The molecule has 3 rings (SSSR count). The normalized spacial score (nSPS) is 33.9. The first-order valence-corrected chi connectivity index (χ1v) is 7.65. The minimum atomic E-state index is 0.289. The standard InChI is InChI=1S/C18H26/c1-14(2)17(3)13-18(11-7-4-8-12-18)16-10-6-5-9-15(16)17/h6,10H,1,4-5,7-9,11-13H2,2-3H3. The van der Waals surface area contributed by atoms with Crippen LogP contribution in [0.2, 0.25) is 0 Å². The van der Waals surface area contributed by atoms with Gasteiger partial charge in [0.1, 0.15) is 0 Å². The first kappa shape index (κ1) is 12.3. The lowest BCUT2D eigenvalue weighted by atomic mass is 9.66. The molecule has 18 heavy (non-hydrogen) atoms. The summed E-state index contributed by atoms with van der Waals surface area (Å²) in [7, 11) is 0. The van der Waals surface area contributed by atoms with Crippen molar-refractivity contribution in [3.63, 3.8) is 0 Å². The Bertz CT molecular complexity index is 429. The summed E-state index contributed by atoms with van der Waals surface area (Å²) < 4.78 is 0. The molecule has 0 amide bonds. The van der Waals surface area contributed by atoms with Crippen molar-refractivity contribution < 1.29 is 0 Å². The van der Waals surface area contributed by atoms with Crippen LogP contribution in [0.5, 0.6) is 0 Å². The maximum atomic E-state index is 4.32. The molecule has 1 spiro atoms.